The summed E-state index contributed by atoms with van der Waals surface area (Å²) in [7, 11) is 0. The molecule has 4 atom stereocenters. The molecule has 1 amide bonds. The summed E-state index contributed by atoms with van der Waals surface area (Å²) in [5.74, 6) is -0.462. The molecule has 0 aromatic heterocycles. The molecular formula is C19H27ClN2O3. The molecule has 1 aromatic rings. The number of hydrogen-bond donors (Lipinski definition) is 2. The number of benzene rings is 1. The van der Waals surface area contributed by atoms with Crippen LogP contribution in [0.5, 0.6) is 0 Å². The highest BCUT2D eigenvalue weighted by molar-refractivity contribution is 5.85. The molecule has 5 nitrogen and oxygen atoms in total. The van der Waals surface area contributed by atoms with Crippen molar-refractivity contribution in [2.45, 2.75) is 57.2 Å². The van der Waals surface area contributed by atoms with Crippen LogP contribution in [0.4, 0.5) is 0 Å². The molecule has 138 valence electrons. The molecule has 2 fully saturated rings. The molecule has 0 spiro atoms. The summed E-state index contributed by atoms with van der Waals surface area (Å²) >= 11 is 0. The zero-order valence-corrected chi connectivity index (χ0v) is 15.4. The summed E-state index contributed by atoms with van der Waals surface area (Å²) in [6, 6.07) is 9.47. The lowest BCUT2D eigenvalue weighted by Gasteiger charge is -2.32. The first-order valence-electron chi connectivity index (χ1n) is 8.89. The fraction of sp³-hybridized carbons (Fsp3) is 0.579. The van der Waals surface area contributed by atoms with Crippen molar-refractivity contribution >= 4 is 24.3 Å². The molecule has 6 heteroatoms. The van der Waals surface area contributed by atoms with Crippen LogP contribution in [0.3, 0.4) is 0 Å². The van der Waals surface area contributed by atoms with Gasteiger partial charge in [-0.2, -0.15) is 0 Å². The summed E-state index contributed by atoms with van der Waals surface area (Å²) in [5, 5.41) is 12.5. The number of likely N-dealkylation sites (tertiary alicyclic amines) is 1. The van der Waals surface area contributed by atoms with Gasteiger partial charge in [0.05, 0.1) is 12.6 Å². The van der Waals surface area contributed by atoms with Gasteiger partial charge in [-0.3, -0.25) is 14.5 Å². The van der Waals surface area contributed by atoms with E-state index < -0.39 is 12.0 Å². The third-order valence-electron chi connectivity index (χ3n) is 5.51. The molecule has 4 unspecified atom stereocenters. The highest BCUT2D eigenvalue weighted by Crippen LogP contribution is 2.39. The first-order valence-corrected chi connectivity index (χ1v) is 8.89. The maximum absolute atomic E-state index is 12.5. The van der Waals surface area contributed by atoms with E-state index in [9.17, 15) is 14.7 Å². The maximum Gasteiger partial charge on any atom is 0.320 e. The molecule has 0 bridgehead atoms. The number of nitrogens with zero attached hydrogens (tertiary/aromatic N) is 1. The van der Waals surface area contributed by atoms with Crippen LogP contribution in [-0.4, -0.2) is 40.5 Å². The van der Waals surface area contributed by atoms with Crippen molar-refractivity contribution < 1.29 is 14.7 Å². The smallest absolute Gasteiger partial charge is 0.320 e. The Balaban J connectivity index is 0.00000225. The van der Waals surface area contributed by atoms with Crippen LogP contribution in [0.15, 0.2) is 30.3 Å². The minimum Gasteiger partial charge on any atom is -0.480 e. The summed E-state index contributed by atoms with van der Waals surface area (Å²) in [5.41, 5.74) is 1.05. The Kier molecular flexibility index (Phi) is 6.85. The summed E-state index contributed by atoms with van der Waals surface area (Å²) in [4.78, 5) is 26.0. The van der Waals surface area contributed by atoms with E-state index in [1.807, 2.05) is 42.2 Å². The maximum atomic E-state index is 12.5. The Morgan fingerprint density at radius 3 is 2.60 bits per heavy atom. The molecule has 1 saturated carbocycles. The molecule has 2 aliphatic rings. The molecule has 1 aromatic carbocycles. The number of carbonyl (C=O) groups is 2. The molecule has 2 N–H and O–H groups in total. The van der Waals surface area contributed by atoms with Gasteiger partial charge in [-0.1, -0.05) is 43.2 Å². The number of nitrogens with one attached hydrogen (secondary N) is 1. The second kappa shape index (κ2) is 8.68. The van der Waals surface area contributed by atoms with Gasteiger partial charge in [-0.25, -0.2) is 0 Å². The van der Waals surface area contributed by atoms with Gasteiger partial charge in [0.1, 0.15) is 6.04 Å². The molecule has 3 rings (SSSR count). The predicted octanol–water partition coefficient (Wildman–Crippen LogP) is 3.00. The van der Waals surface area contributed by atoms with E-state index in [1.54, 1.807) is 0 Å². The zero-order chi connectivity index (χ0) is 17.1. The Morgan fingerprint density at radius 1 is 1.24 bits per heavy atom. The first kappa shape index (κ1) is 19.7. The third kappa shape index (κ3) is 4.53. The van der Waals surface area contributed by atoms with E-state index in [0.29, 0.717) is 12.3 Å². The Morgan fingerprint density at radius 2 is 1.92 bits per heavy atom. The zero-order valence-electron chi connectivity index (χ0n) is 14.6. The van der Waals surface area contributed by atoms with Gasteiger partial charge in [0.15, 0.2) is 0 Å². The normalized spacial score (nSPS) is 27.0. The number of hydrogen-bond acceptors (Lipinski definition) is 3. The van der Waals surface area contributed by atoms with Crippen LogP contribution >= 0.6 is 12.4 Å². The Labute approximate surface area is 155 Å². The molecule has 1 aliphatic carbocycles. The number of carbonyl (C=O) groups excluding carboxylic acids is 1. The monoisotopic (exact) mass is 366 g/mol. The van der Waals surface area contributed by atoms with Crippen molar-refractivity contribution in [1.82, 2.24) is 10.2 Å². The number of fused-ring (bicyclic) bond motifs is 1. The summed E-state index contributed by atoms with van der Waals surface area (Å²) in [6.45, 7) is 2.13. The number of halogens is 1. The SMILES string of the molecule is CC(NC(=O)CN1C(C(=O)O)CC2CCCCC21)c1ccccc1.Cl. The highest BCUT2D eigenvalue weighted by Gasteiger charge is 2.45. The minimum atomic E-state index is -0.798. The van der Waals surface area contributed by atoms with Gasteiger partial charge in [0.2, 0.25) is 5.91 Å². The van der Waals surface area contributed by atoms with Crippen molar-refractivity contribution in [3.8, 4) is 0 Å². The Bertz CT molecular complexity index is 596. The van der Waals surface area contributed by atoms with Gasteiger partial charge in [0.25, 0.3) is 0 Å². The van der Waals surface area contributed by atoms with Crippen molar-refractivity contribution in [2.24, 2.45) is 5.92 Å². The molecule has 1 aliphatic heterocycles. The van der Waals surface area contributed by atoms with Crippen molar-refractivity contribution in [3.05, 3.63) is 35.9 Å². The van der Waals surface area contributed by atoms with Gasteiger partial charge in [0, 0.05) is 6.04 Å². The average Bonchev–Trinajstić information content (AvgIpc) is 2.94. The van der Waals surface area contributed by atoms with Crippen LogP contribution < -0.4 is 5.32 Å². The van der Waals surface area contributed by atoms with Gasteiger partial charge in [-0.15, -0.1) is 12.4 Å². The molecular weight excluding hydrogens is 340 g/mol. The predicted molar refractivity (Wildman–Crippen MR) is 98.7 cm³/mol. The lowest BCUT2D eigenvalue weighted by Crippen LogP contribution is -2.47. The number of amides is 1. The Hall–Kier alpha value is -1.59. The molecule has 0 radical (unpaired) electrons. The summed E-state index contributed by atoms with van der Waals surface area (Å²) in [6.07, 6.45) is 5.09. The fourth-order valence-corrected chi connectivity index (χ4v) is 4.30. The molecule has 1 heterocycles. The van der Waals surface area contributed by atoms with Crippen LogP contribution in [-0.2, 0) is 9.59 Å². The van der Waals surface area contributed by atoms with E-state index in [4.69, 9.17) is 0 Å². The lowest BCUT2D eigenvalue weighted by atomic mass is 9.85. The molecule has 25 heavy (non-hydrogen) atoms. The second-order valence-electron chi connectivity index (χ2n) is 7.07. The van der Waals surface area contributed by atoms with Gasteiger partial charge >= 0.3 is 5.97 Å². The van der Waals surface area contributed by atoms with Crippen molar-refractivity contribution in [2.75, 3.05) is 6.54 Å². The van der Waals surface area contributed by atoms with Crippen LogP contribution in [0.25, 0.3) is 0 Å². The van der Waals surface area contributed by atoms with Crippen molar-refractivity contribution in [1.29, 1.82) is 0 Å². The second-order valence-corrected chi connectivity index (χ2v) is 7.07. The molecule has 1 saturated heterocycles. The number of rotatable bonds is 5. The number of aliphatic carboxylic acids is 1. The van der Waals surface area contributed by atoms with E-state index in [0.717, 1.165) is 24.8 Å². The van der Waals surface area contributed by atoms with Crippen LogP contribution in [0.1, 0.15) is 50.6 Å². The largest absolute Gasteiger partial charge is 0.480 e. The fourth-order valence-electron chi connectivity index (χ4n) is 4.30. The standard InChI is InChI=1S/C19H26N2O3.ClH/c1-13(14-7-3-2-4-8-14)20-18(22)12-21-16-10-6-5-9-15(16)11-17(21)19(23)24;/h2-4,7-8,13,15-17H,5-6,9-12H2,1H3,(H,20,22)(H,23,24);1H. The topological polar surface area (TPSA) is 69.6 Å². The number of carboxylic acid groups (broad SMARTS) is 1. The van der Waals surface area contributed by atoms with E-state index in [-0.39, 0.29) is 36.9 Å². The van der Waals surface area contributed by atoms with Crippen molar-refractivity contribution in [3.63, 3.8) is 0 Å². The van der Waals surface area contributed by atoms with Gasteiger partial charge in [-0.05, 0) is 37.7 Å². The quantitative estimate of drug-likeness (QED) is 0.840. The van der Waals surface area contributed by atoms with E-state index in [1.165, 1.54) is 6.42 Å². The first-order chi connectivity index (χ1) is 11.6. The number of carboxylic acids is 1. The third-order valence-corrected chi connectivity index (χ3v) is 5.51. The van der Waals surface area contributed by atoms with E-state index in [2.05, 4.69) is 5.32 Å². The average molecular weight is 367 g/mol. The minimum absolute atomic E-state index is 0. The summed E-state index contributed by atoms with van der Waals surface area (Å²) < 4.78 is 0. The van der Waals surface area contributed by atoms with Crippen LogP contribution in [0, 0.1) is 5.92 Å². The van der Waals surface area contributed by atoms with E-state index >= 15 is 0 Å². The van der Waals surface area contributed by atoms with Crippen LogP contribution in [0.2, 0.25) is 0 Å². The highest BCUT2D eigenvalue weighted by atomic mass is 35.5. The lowest BCUT2D eigenvalue weighted by molar-refractivity contribution is -0.143. The van der Waals surface area contributed by atoms with Gasteiger partial charge < -0.3 is 10.4 Å².